The van der Waals surface area contributed by atoms with Crippen molar-refractivity contribution in [1.29, 1.82) is 0 Å². The van der Waals surface area contributed by atoms with Crippen molar-refractivity contribution in [3.63, 3.8) is 0 Å². The van der Waals surface area contributed by atoms with E-state index in [1.54, 1.807) is 13.0 Å². The molecule has 2 aromatic rings. The summed E-state index contributed by atoms with van der Waals surface area (Å²) in [5, 5.41) is 14.4. The summed E-state index contributed by atoms with van der Waals surface area (Å²) in [7, 11) is 0. The number of amides is 1. The van der Waals surface area contributed by atoms with Crippen molar-refractivity contribution in [1.82, 2.24) is 14.9 Å². The average Bonchev–Trinajstić information content (AvgIpc) is 2.88. The van der Waals surface area contributed by atoms with E-state index in [4.69, 9.17) is 0 Å². The van der Waals surface area contributed by atoms with Crippen LogP contribution in [-0.2, 0) is 9.59 Å². The summed E-state index contributed by atoms with van der Waals surface area (Å²) >= 11 is 1.47. The van der Waals surface area contributed by atoms with Gasteiger partial charge in [0.1, 0.15) is 23.1 Å². The zero-order valence-corrected chi connectivity index (χ0v) is 16.0. The monoisotopic (exact) mass is 383 g/mol. The molecule has 0 unspecified atom stereocenters. The molecule has 2 aliphatic rings. The van der Waals surface area contributed by atoms with Crippen molar-refractivity contribution in [3.8, 4) is 11.3 Å². The average molecular weight is 383 g/mol. The van der Waals surface area contributed by atoms with Crippen molar-refractivity contribution in [2.75, 3.05) is 5.32 Å². The number of fused-ring (bicyclic) bond motifs is 1. The Bertz CT molecular complexity index is 918. The first-order chi connectivity index (χ1) is 12.8. The van der Waals surface area contributed by atoms with Crippen LogP contribution in [0.2, 0.25) is 0 Å². The molecule has 2 aliphatic heterocycles. The fourth-order valence-electron chi connectivity index (χ4n) is 3.68. The smallest absolute Gasteiger partial charge is 0.249 e. The maximum Gasteiger partial charge on any atom is 0.249 e. The van der Waals surface area contributed by atoms with Crippen molar-refractivity contribution < 1.29 is 14.7 Å². The predicted octanol–water partition coefficient (Wildman–Crippen LogP) is 1.04. The molecule has 2 saturated heterocycles. The molecule has 1 amide bonds. The van der Waals surface area contributed by atoms with Crippen molar-refractivity contribution >= 4 is 29.5 Å². The fourth-order valence-corrected chi connectivity index (χ4v) is 5.30. The molecule has 1 N–H and O–H groups in total. The van der Waals surface area contributed by atoms with Crippen molar-refractivity contribution in [3.05, 3.63) is 42.2 Å². The first-order valence-corrected chi connectivity index (χ1v) is 9.54. The number of rotatable bonds is 4. The van der Waals surface area contributed by atoms with E-state index in [1.165, 1.54) is 16.7 Å². The van der Waals surface area contributed by atoms with Gasteiger partial charge in [-0.1, -0.05) is 30.3 Å². The maximum absolute atomic E-state index is 12.6. The van der Waals surface area contributed by atoms with Gasteiger partial charge in [0.05, 0.1) is 17.7 Å². The number of carboxylic acid groups (broad SMARTS) is 1. The van der Waals surface area contributed by atoms with E-state index in [0.29, 0.717) is 11.6 Å². The van der Waals surface area contributed by atoms with E-state index in [9.17, 15) is 14.7 Å². The third-order valence-corrected chi connectivity index (χ3v) is 6.45. The summed E-state index contributed by atoms with van der Waals surface area (Å²) in [6, 6.07) is 10.1. The molecular weight excluding hydrogens is 364 g/mol. The number of aryl methyl sites for hydroxylation is 1. The SMILES string of the molecule is Cc1nc(N[C@H]2C(=O)N3[C@H]2SC(C)(C)[C@H]3C(=O)[O-])cc(-c2ccccc2)n1. The Morgan fingerprint density at radius 3 is 2.63 bits per heavy atom. The number of aliphatic carboxylic acids is 1. The molecule has 2 fully saturated rings. The van der Waals surface area contributed by atoms with E-state index in [0.717, 1.165) is 11.3 Å². The number of β-lactam (4-membered cyclic amide) rings is 1. The van der Waals surface area contributed by atoms with E-state index >= 15 is 0 Å². The van der Waals surface area contributed by atoms with Crippen LogP contribution in [-0.4, -0.2) is 48.9 Å². The van der Waals surface area contributed by atoms with Crippen LogP contribution in [0.25, 0.3) is 11.3 Å². The summed E-state index contributed by atoms with van der Waals surface area (Å²) in [5.74, 6) is -0.319. The van der Waals surface area contributed by atoms with Crippen LogP contribution in [0, 0.1) is 6.92 Å². The molecule has 0 spiro atoms. The number of anilines is 1. The van der Waals surface area contributed by atoms with Crippen LogP contribution in [0.4, 0.5) is 5.82 Å². The largest absolute Gasteiger partial charge is 0.548 e. The number of benzene rings is 1. The Morgan fingerprint density at radius 2 is 1.96 bits per heavy atom. The fraction of sp³-hybridized carbons (Fsp3) is 0.368. The maximum atomic E-state index is 12.6. The van der Waals surface area contributed by atoms with E-state index in [1.807, 2.05) is 44.2 Å². The normalized spacial score (nSPS) is 25.7. The van der Waals surface area contributed by atoms with E-state index < -0.39 is 22.8 Å². The molecular formula is C19H19N4O3S-. The molecule has 3 heterocycles. The lowest BCUT2D eigenvalue weighted by molar-refractivity contribution is -0.312. The van der Waals surface area contributed by atoms with Gasteiger partial charge in [0.2, 0.25) is 5.91 Å². The topological polar surface area (TPSA) is 98.2 Å². The molecule has 0 radical (unpaired) electrons. The van der Waals surface area contributed by atoms with Gasteiger partial charge in [-0.3, -0.25) is 4.79 Å². The number of nitrogens with zero attached hydrogens (tertiary/aromatic N) is 3. The van der Waals surface area contributed by atoms with Gasteiger partial charge in [-0.15, -0.1) is 11.8 Å². The molecule has 8 heteroatoms. The summed E-state index contributed by atoms with van der Waals surface area (Å²) in [6.45, 7) is 5.44. The minimum Gasteiger partial charge on any atom is -0.548 e. The number of aromatic nitrogens is 2. The zero-order chi connectivity index (χ0) is 19.3. The van der Waals surface area contributed by atoms with Gasteiger partial charge < -0.3 is 20.1 Å². The number of hydrogen-bond acceptors (Lipinski definition) is 7. The molecule has 1 aromatic heterocycles. The van der Waals surface area contributed by atoms with E-state index in [2.05, 4.69) is 15.3 Å². The number of carbonyl (C=O) groups is 2. The highest BCUT2D eigenvalue weighted by molar-refractivity contribution is 8.01. The molecule has 4 rings (SSSR count). The highest BCUT2D eigenvalue weighted by Crippen LogP contribution is 2.51. The second-order valence-corrected chi connectivity index (χ2v) is 9.02. The van der Waals surface area contributed by atoms with Gasteiger partial charge >= 0.3 is 0 Å². The Hall–Kier alpha value is -2.61. The van der Waals surface area contributed by atoms with Gasteiger partial charge in [-0.2, -0.15) is 0 Å². The number of nitrogens with one attached hydrogen (secondary N) is 1. The van der Waals surface area contributed by atoms with Crippen LogP contribution >= 0.6 is 11.8 Å². The molecule has 140 valence electrons. The van der Waals surface area contributed by atoms with E-state index in [-0.39, 0.29) is 11.3 Å². The molecule has 27 heavy (non-hydrogen) atoms. The van der Waals surface area contributed by atoms with Crippen molar-refractivity contribution in [2.45, 2.75) is 43.0 Å². The number of carbonyl (C=O) groups excluding carboxylic acids is 2. The molecule has 3 atom stereocenters. The molecule has 0 bridgehead atoms. The number of carboxylic acids is 1. The number of hydrogen-bond donors (Lipinski definition) is 1. The lowest BCUT2D eigenvalue weighted by Gasteiger charge is -2.45. The summed E-state index contributed by atoms with van der Waals surface area (Å²) in [6.07, 6.45) is 0. The third-order valence-electron chi connectivity index (χ3n) is 4.88. The second-order valence-electron chi connectivity index (χ2n) is 7.25. The number of thioether (sulfide) groups is 1. The van der Waals surface area contributed by atoms with Crippen LogP contribution in [0.5, 0.6) is 0 Å². The predicted molar refractivity (Wildman–Crippen MR) is 101 cm³/mol. The van der Waals surface area contributed by atoms with Crippen LogP contribution in [0.15, 0.2) is 36.4 Å². The van der Waals surface area contributed by atoms with Crippen LogP contribution in [0.1, 0.15) is 19.7 Å². The molecule has 0 aliphatic carbocycles. The molecule has 1 aromatic carbocycles. The molecule has 7 nitrogen and oxygen atoms in total. The first-order valence-electron chi connectivity index (χ1n) is 8.66. The quantitative estimate of drug-likeness (QED) is 0.788. The summed E-state index contributed by atoms with van der Waals surface area (Å²) < 4.78 is -0.605. The standard InChI is InChI=1S/C19H20N4O3S/c1-10-20-12(11-7-5-4-6-8-11)9-13(21-10)22-14-16(24)23-15(18(25)26)19(2,3)27-17(14)23/h4-9,14-15,17H,1-3H3,(H,25,26)(H,20,21,22)/p-1/t14-,15+,17-/m0/s1. The minimum absolute atomic E-state index is 0.246. The Kier molecular flexibility index (Phi) is 4.10. The Morgan fingerprint density at radius 1 is 1.26 bits per heavy atom. The van der Waals surface area contributed by atoms with Crippen LogP contribution in [0.3, 0.4) is 0 Å². The highest BCUT2D eigenvalue weighted by atomic mass is 32.2. The van der Waals surface area contributed by atoms with Gasteiger partial charge in [0.25, 0.3) is 0 Å². The molecule has 0 saturated carbocycles. The van der Waals surface area contributed by atoms with Gasteiger partial charge in [-0.25, -0.2) is 9.97 Å². The van der Waals surface area contributed by atoms with Gasteiger partial charge in [-0.05, 0) is 20.8 Å². The zero-order valence-electron chi connectivity index (χ0n) is 15.2. The third kappa shape index (κ3) is 2.93. The summed E-state index contributed by atoms with van der Waals surface area (Å²) in [5.41, 5.74) is 1.72. The van der Waals surface area contributed by atoms with Crippen LogP contribution < -0.4 is 10.4 Å². The Labute approximate surface area is 161 Å². The van der Waals surface area contributed by atoms with Crippen molar-refractivity contribution in [2.24, 2.45) is 0 Å². The minimum atomic E-state index is -1.22. The second kappa shape index (κ2) is 6.23. The lowest BCUT2D eigenvalue weighted by Crippen LogP contribution is -2.69. The summed E-state index contributed by atoms with van der Waals surface area (Å²) in [4.78, 5) is 34.4. The van der Waals surface area contributed by atoms with Gasteiger partial charge in [0.15, 0.2) is 0 Å². The highest BCUT2D eigenvalue weighted by Gasteiger charge is 2.61. The van der Waals surface area contributed by atoms with Gasteiger partial charge in [0, 0.05) is 16.4 Å². The Balaban J connectivity index is 1.59. The first kappa shape index (κ1) is 17.8. The lowest BCUT2D eigenvalue weighted by atomic mass is 9.96.